The lowest BCUT2D eigenvalue weighted by Crippen LogP contribution is -2.24. The quantitative estimate of drug-likeness (QED) is 0.836. The number of carbonyl (C=O) groups is 1. The Bertz CT molecular complexity index is 466. The second-order valence-corrected chi connectivity index (χ2v) is 6.05. The normalized spacial score (nSPS) is 17.5. The minimum absolute atomic E-state index is 0.208. The molecule has 0 bridgehead atoms. The third-order valence-corrected chi connectivity index (χ3v) is 3.89. The van der Waals surface area contributed by atoms with Crippen molar-refractivity contribution in [1.82, 2.24) is 4.98 Å². The van der Waals surface area contributed by atoms with Crippen LogP contribution < -0.4 is 5.32 Å². The summed E-state index contributed by atoms with van der Waals surface area (Å²) >= 11 is 0. The molecule has 1 aliphatic rings. The average molecular weight is 260 g/mol. The van der Waals surface area contributed by atoms with Crippen LogP contribution in [0.3, 0.4) is 0 Å². The van der Waals surface area contributed by atoms with Crippen LogP contribution >= 0.6 is 0 Å². The van der Waals surface area contributed by atoms with Gasteiger partial charge in [-0.2, -0.15) is 0 Å². The average Bonchev–Trinajstić information content (AvgIpc) is 2.48. The Kier molecular flexibility index (Phi) is 4.23. The Morgan fingerprint density at radius 1 is 1.32 bits per heavy atom. The predicted molar refractivity (Wildman–Crippen MR) is 78.7 cm³/mol. The Balaban J connectivity index is 2.21. The van der Waals surface area contributed by atoms with Crippen molar-refractivity contribution in [3.63, 3.8) is 0 Å². The first kappa shape index (κ1) is 14.0. The summed E-state index contributed by atoms with van der Waals surface area (Å²) in [5.74, 6) is 0.990. The number of unbranched alkanes of at least 4 members (excludes halogenated alkanes) is 2. The molecule has 1 aliphatic heterocycles. The van der Waals surface area contributed by atoms with Crippen LogP contribution in [0.1, 0.15) is 62.5 Å². The molecule has 0 saturated carbocycles. The van der Waals surface area contributed by atoms with Crippen LogP contribution in [0, 0.1) is 5.41 Å². The van der Waals surface area contributed by atoms with Gasteiger partial charge in [-0.05, 0) is 31.4 Å². The lowest BCUT2D eigenvalue weighted by molar-refractivity contribution is 0.0835. The minimum atomic E-state index is -0.288. The fraction of sp³-hybridized carbons (Fsp3) is 0.625. The van der Waals surface area contributed by atoms with Crippen molar-refractivity contribution in [3.8, 4) is 0 Å². The molecule has 2 heterocycles. The smallest absolute Gasteiger partial charge is 0.172 e. The van der Waals surface area contributed by atoms with Gasteiger partial charge in [-0.15, -0.1) is 0 Å². The van der Waals surface area contributed by atoms with Gasteiger partial charge in [-0.25, -0.2) is 4.98 Å². The molecule has 0 fully saturated rings. The van der Waals surface area contributed by atoms with Crippen LogP contribution in [0.4, 0.5) is 5.82 Å². The zero-order valence-corrected chi connectivity index (χ0v) is 12.3. The lowest BCUT2D eigenvalue weighted by Gasteiger charge is -2.19. The summed E-state index contributed by atoms with van der Waals surface area (Å²) < 4.78 is 0. The van der Waals surface area contributed by atoms with E-state index in [9.17, 15) is 4.79 Å². The SMILES string of the molecule is CCCCCc1ccc2c(n1)NCCC(C)(C)C2=O. The first-order valence-corrected chi connectivity index (χ1v) is 7.33. The maximum Gasteiger partial charge on any atom is 0.172 e. The number of aryl methyl sites for hydroxylation is 1. The zero-order valence-electron chi connectivity index (χ0n) is 12.3. The van der Waals surface area contributed by atoms with E-state index in [4.69, 9.17) is 0 Å². The summed E-state index contributed by atoms with van der Waals surface area (Å²) in [5.41, 5.74) is 1.55. The van der Waals surface area contributed by atoms with Crippen LogP contribution in [-0.2, 0) is 6.42 Å². The third kappa shape index (κ3) is 3.14. The summed E-state index contributed by atoms with van der Waals surface area (Å²) in [6, 6.07) is 3.96. The molecular weight excluding hydrogens is 236 g/mol. The number of nitrogens with zero attached hydrogens (tertiary/aromatic N) is 1. The molecular formula is C16H24N2O. The van der Waals surface area contributed by atoms with Gasteiger partial charge in [0.15, 0.2) is 5.78 Å². The van der Waals surface area contributed by atoms with Gasteiger partial charge in [-0.1, -0.05) is 33.6 Å². The number of rotatable bonds is 4. The Morgan fingerprint density at radius 3 is 2.84 bits per heavy atom. The maximum absolute atomic E-state index is 12.4. The molecule has 0 amide bonds. The number of ketones is 1. The molecule has 104 valence electrons. The zero-order chi connectivity index (χ0) is 13.9. The molecule has 0 spiro atoms. The molecule has 0 aromatic carbocycles. The molecule has 0 aliphatic carbocycles. The highest BCUT2D eigenvalue weighted by Gasteiger charge is 2.32. The summed E-state index contributed by atoms with van der Waals surface area (Å²) in [4.78, 5) is 17.1. The number of nitrogens with one attached hydrogen (secondary N) is 1. The minimum Gasteiger partial charge on any atom is -0.369 e. The molecule has 2 rings (SSSR count). The second kappa shape index (κ2) is 5.72. The molecule has 3 heteroatoms. The van der Waals surface area contributed by atoms with Crippen LogP contribution in [0.2, 0.25) is 0 Å². The van der Waals surface area contributed by atoms with Crippen molar-refractivity contribution < 1.29 is 4.79 Å². The topological polar surface area (TPSA) is 42.0 Å². The first-order chi connectivity index (χ1) is 9.04. The van der Waals surface area contributed by atoms with Gasteiger partial charge in [0.25, 0.3) is 0 Å². The van der Waals surface area contributed by atoms with E-state index >= 15 is 0 Å². The fourth-order valence-corrected chi connectivity index (χ4v) is 2.48. The van der Waals surface area contributed by atoms with E-state index in [1.54, 1.807) is 0 Å². The van der Waals surface area contributed by atoms with Crippen molar-refractivity contribution in [1.29, 1.82) is 0 Å². The number of Topliss-reactive ketones (excluding diaryl/α,β-unsaturated/α-hetero) is 1. The van der Waals surface area contributed by atoms with Gasteiger partial charge in [0, 0.05) is 17.7 Å². The first-order valence-electron chi connectivity index (χ1n) is 7.33. The molecule has 1 N–H and O–H groups in total. The van der Waals surface area contributed by atoms with E-state index in [1.165, 1.54) is 19.3 Å². The second-order valence-electron chi connectivity index (χ2n) is 6.05. The highest BCUT2D eigenvalue weighted by molar-refractivity contribution is 6.04. The van der Waals surface area contributed by atoms with Gasteiger partial charge in [0.2, 0.25) is 0 Å². The fourth-order valence-electron chi connectivity index (χ4n) is 2.48. The van der Waals surface area contributed by atoms with Crippen molar-refractivity contribution in [2.75, 3.05) is 11.9 Å². The molecule has 0 radical (unpaired) electrons. The van der Waals surface area contributed by atoms with Crippen molar-refractivity contribution in [3.05, 3.63) is 23.4 Å². The predicted octanol–water partition coefficient (Wildman–Crippen LogP) is 3.84. The molecule has 3 nitrogen and oxygen atoms in total. The molecule has 0 unspecified atom stereocenters. The van der Waals surface area contributed by atoms with Crippen LogP contribution in [-0.4, -0.2) is 17.3 Å². The molecule has 0 saturated heterocycles. The molecule has 0 atom stereocenters. The van der Waals surface area contributed by atoms with Crippen LogP contribution in [0.25, 0.3) is 0 Å². The summed E-state index contributed by atoms with van der Waals surface area (Å²) in [6.07, 6.45) is 5.48. The number of hydrogen-bond donors (Lipinski definition) is 1. The standard InChI is InChI=1S/C16H24N2O/c1-4-5-6-7-12-8-9-13-14(19)16(2,3)10-11-17-15(13)18-12/h8-9H,4-7,10-11H2,1-3H3,(H,17,18). The lowest BCUT2D eigenvalue weighted by atomic mass is 9.82. The highest BCUT2D eigenvalue weighted by Crippen LogP contribution is 2.32. The van der Waals surface area contributed by atoms with Crippen molar-refractivity contribution in [2.24, 2.45) is 5.41 Å². The van der Waals surface area contributed by atoms with Crippen molar-refractivity contribution in [2.45, 2.75) is 52.9 Å². The maximum atomic E-state index is 12.4. The third-order valence-electron chi connectivity index (χ3n) is 3.89. The van der Waals surface area contributed by atoms with E-state index in [0.717, 1.165) is 36.5 Å². The Morgan fingerprint density at radius 2 is 2.11 bits per heavy atom. The van der Waals surface area contributed by atoms with Gasteiger partial charge >= 0.3 is 0 Å². The number of fused-ring (bicyclic) bond motifs is 1. The summed E-state index contributed by atoms with van der Waals surface area (Å²) in [7, 11) is 0. The van der Waals surface area contributed by atoms with Gasteiger partial charge in [-0.3, -0.25) is 4.79 Å². The largest absolute Gasteiger partial charge is 0.369 e. The van der Waals surface area contributed by atoms with E-state index in [0.29, 0.717) is 0 Å². The number of anilines is 1. The molecule has 19 heavy (non-hydrogen) atoms. The highest BCUT2D eigenvalue weighted by atomic mass is 16.1. The van der Waals surface area contributed by atoms with Gasteiger partial charge in [0.1, 0.15) is 5.82 Å². The van der Waals surface area contributed by atoms with Crippen LogP contribution in [0.5, 0.6) is 0 Å². The monoisotopic (exact) mass is 260 g/mol. The molecule has 1 aromatic heterocycles. The number of pyridine rings is 1. The number of aromatic nitrogens is 1. The van der Waals surface area contributed by atoms with Gasteiger partial charge < -0.3 is 5.32 Å². The van der Waals surface area contributed by atoms with E-state index in [2.05, 4.69) is 17.2 Å². The van der Waals surface area contributed by atoms with Crippen LogP contribution in [0.15, 0.2) is 12.1 Å². The van der Waals surface area contributed by atoms with E-state index < -0.39 is 0 Å². The Hall–Kier alpha value is -1.38. The summed E-state index contributed by atoms with van der Waals surface area (Å²) in [6.45, 7) is 7.05. The van der Waals surface area contributed by atoms with E-state index in [1.807, 2.05) is 26.0 Å². The summed E-state index contributed by atoms with van der Waals surface area (Å²) in [5, 5.41) is 3.31. The van der Waals surface area contributed by atoms with E-state index in [-0.39, 0.29) is 11.2 Å². The number of carbonyl (C=O) groups excluding carboxylic acids is 1. The van der Waals surface area contributed by atoms with Crippen molar-refractivity contribution >= 4 is 11.6 Å². The Labute approximate surface area is 115 Å². The molecule has 1 aromatic rings. The van der Waals surface area contributed by atoms with Gasteiger partial charge in [0.05, 0.1) is 5.56 Å². The number of hydrogen-bond acceptors (Lipinski definition) is 3.